The van der Waals surface area contributed by atoms with Crippen LogP contribution in [0.15, 0.2) is 3.34 Å². The van der Waals surface area contributed by atoms with Gasteiger partial charge >= 0.3 is 50.5 Å². The summed E-state index contributed by atoms with van der Waals surface area (Å²) in [6, 6.07) is 0. The SMILES string of the molecule is CCCC[N]=[Ta].CC[N-]C.CC[N-]C.CC[N-]C. The monoisotopic (exact) mass is 426 g/mol. The van der Waals surface area contributed by atoms with Gasteiger partial charge in [0.1, 0.15) is 0 Å². The van der Waals surface area contributed by atoms with Crippen molar-refractivity contribution in [2.75, 3.05) is 47.3 Å². The summed E-state index contributed by atoms with van der Waals surface area (Å²) < 4.78 is 4.04. The van der Waals surface area contributed by atoms with Crippen molar-refractivity contribution in [2.45, 2.75) is 40.5 Å². The van der Waals surface area contributed by atoms with Crippen LogP contribution in [-0.2, 0) is 20.9 Å². The van der Waals surface area contributed by atoms with Gasteiger partial charge in [0.15, 0.2) is 0 Å². The molecule has 0 bridgehead atoms. The van der Waals surface area contributed by atoms with Gasteiger partial charge in [0, 0.05) is 0 Å². The summed E-state index contributed by atoms with van der Waals surface area (Å²) in [6.45, 7) is 12.1. The quantitative estimate of drug-likeness (QED) is 0.560. The molecule has 0 saturated heterocycles. The van der Waals surface area contributed by atoms with Gasteiger partial charge in [0.05, 0.1) is 0 Å². The van der Waals surface area contributed by atoms with E-state index in [0.29, 0.717) is 0 Å². The van der Waals surface area contributed by atoms with Crippen LogP contribution in [0.4, 0.5) is 0 Å². The third-order valence-corrected chi connectivity index (χ3v) is 2.28. The van der Waals surface area contributed by atoms with Crippen LogP contribution in [0.25, 0.3) is 16.0 Å². The number of rotatable bonds is 6. The first-order valence-electron chi connectivity index (χ1n) is 6.63. The van der Waals surface area contributed by atoms with Gasteiger partial charge in [-0.2, -0.15) is 40.8 Å². The molecule has 0 saturated carbocycles. The molecule has 0 aliphatic carbocycles. The van der Waals surface area contributed by atoms with Crippen LogP contribution in [-0.4, -0.2) is 47.3 Å². The van der Waals surface area contributed by atoms with Crippen molar-refractivity contribution in [3.8, 4) is 0 Å². The minimum absolute atomic E-state index is 0.944. The summed E-state index contributed by atoms with van der Waals surface area (Å²) >= 11 is 1.19. The van der Waals surface area contributed by atoms with E-state index >= 15 is 0 Å². The molecule has 0 rings (SSSR count). The molecule has 0 radical (unpaired) electrons. The van der Waals surface area contributed by atoms with Crippen LogP contribution >= 0.6 is 0 Å². The van der Waals surface area contributed by atoms with E-state index in [0.717, 1.165) is 26.2 Å². The molecular formula is C13H33N4Ta-3. The van der Waals surface area contributed by atoms with Gasteiger partial charge < -0.3 is 16.0 Å². The zero-order chi connectivity index (χ0) is 15.1. The molecule has 0 unspecified atom stereocenters. The molecular weight excluding hydrogens is 393 g/mol. The first-order chi connectivity index (χ1) is 8.66. The molecule has 0 aromatic rings. The first kappa shape index (κ1) is 26.9. The summed E-state index contributed by atoms with van der Waals surface area (Å²) in [4.78, 5) is 0. The van der Waals surface area contributed by atoms with Gasteiger partial charge in [-0.15, -0.1) is 0 Å². The minimum atomic E-state index is 0.944. The van der Waals surface area contributed by atoms with E-state index < -0.39 is 0 Å². The fourth-order valence-corrected chi connectivity index (χ4v) is 0.737. The minimum Gasteiger partial charge on any atom is -0.665 e. The standard InChI is InChI=1S/C4H9N.3C3H8N.Ta/c1-2-3-4-5;3*1-3-4-2;/h2-4H2,1H3;3*3H2,1-2H3;/q;3*-1;. The van der Waals surface area contributed by atoms with Crippen molar-refractivity contribution in [3.05, 3.63) is 16.0 Å². The van der Waals surface area contributed by atoms with Crippen molar-refractivity contribution in [1.29, 1.82) is 0 Å². The maximum Gasteiger partial charge on any atom is -0.0844 e. The summed E-state index contributed by atoms with van der Waals surface area (Å²) in [6.07, 6.45) is 2.55. The molecule has 0 aromatic heterocycles. The Morgan fingerprint density at radius 3 is 1.11 bits per heavy atom. The van der Waals surface area contributed by atoms with Crippen LogP contribution in [0.2, 0.25) is 0 Å². The molecule has 0 aliphatic rings. The second-order valence-corrected chi connectivity index (χ2v) is 4.13. The van der Waals surface area contributed by atoms with E-state index in [1.807, 2.05) is 20.8 Å². The Balaban J connectivity index is -0.0000000742. The first-order valence-corrected chi connectivity index (χ1v) is 8.07. The topological polar surface area (TPSA) is 54.7 Å². The van der Waals surface area contributed by atoms with E-state index in [-0.39, 0.29) is 0 Å². The smallest absolute Gasteiger partial charge is 0.0844 e. The fraction of sp³-hybridized carbons (Fsp3) is 1.00. The Morgan fingerprint density at radius 2 is 1.06 bits per heavy atom. The number of hydrogen-bond donors (Lipinski definition) is 0. The predicted octanol–water partition coefficient (Wildman–Crippen LogP) is 4.55. The van der Waals surface area contributed by atoms with Crippen LogP contribution in [0.3, 0.4) is 0 Å². The summed E-state index contributed by atoms with van der Waals surface area (Å²) in [5, 5.41) is 11.2. The van der Waals surface area contributed by atoms with Crippen molar-refractivity contribution < 1.29 is 20.9 Å². The Kier molecular flexibility index (Phi) is 64.6. The Bertz CT molecular complexity index is 87.5. The van der Waals surface area contributed by atoms with Crippen molar-refractivity contribution in [3.63, 3.8) is 0 Å². The Labute approximate surface area is 128 Å². The van der Waals surface area contributed by atoms with Crippen LogP contribution in [0, 0.1) is 0 Å². The van der Waals surface area contributed by atoms with Gasteiger partial charge in [-0.25, -0.2) is 0 Å². The molecule has 0 amide bonds. The van der Waals surface area contributed by atoms with E-state index in [1.54, 1.807) is 21.1 Å². The number of hydrogen-bond acceptors (Lipinski definition) is 1. The molecule has 0 spiro atoms. The summed E-state index contributed by atoms with van der Waals surface area (Å²) in [5.74, 6) is 0. The zero-order valence-electron chi connectivity index (χ0n) is 13.5. The number of nitrogens with zero attached hydrogens (tertiary/aromatic N) is 4. The van der Waals surface area contributed by atoms with E-state index in [9.17, 15) is 0 Å². The van der Waals surface area contributed by atoms with Crippen LogP contribution in [0.1, 0.15) is 40.5 Å². The average Bonchev–Trinajstić information content (AvgIpc) is 2.45. The largest absolute Gasteiger partial charge is 0.665 e. The van der Waals surface area contributed by atoms with Crippen molar-refractivity contribution >= 4 is 0 Å². The van der Waals surface area contributed by atoms with Gasteiger partial charge in [0.2, 0.25) is 0 Å². The van der Waals surface area contributed by atoms with Crippen LogP contribution in [0.5, 0.6) is 0 Å². The van der Waals surface area contributed by atoms with E-state index in [1.165, 1.54) is 33.7 Å². The molecule has 0 N–H and O–H groups in total. The fourth-order valence-electron chi connectivity index (χ4n) is 0.229. The molecule has 4 nitrogen and oxygen atoms in total. The molecule has 0 heterocycles. The van der Waals surface area contributed by atoms with Gasteiger partial charge in [-0.1, -0.05) is 20.8 Å². The third kappa shape index (κ3) is 94.7. The maximum absolute atomic E-state index is 4.04. The van der Waals surface area contributed by atoms with E-state index in [2.05, 4.69) is 26.2 Å². The van der Waals surface area contributed by atoms with E-state index in [4.69, 9.17) is 0 Å². The Morgan fingerprint density at radius 1 is 0.778 bits per heavy atom. The molecule has 113 valence electrons. The molecule has 0 atom stereocenters. The van der Waals surface area contributed by atoms with Gasteiger partial charge in [0.25, 0.3) is 0 Å². The number of unbranched alkanes of at least 4 members (excludes halogenated alkanes) is 1. The van der Waals surface area contributed by atoms with Crippen molar-refractivity contribution in [2.24, 2.45) is 3.34 Å². The second kappa shape index (κ2) is 43.3. The van der Waals surface area contributed by atoms with Crippen molar-refractivity contribution in [1.82, 2.24) is 0 Å². The second-order valence-electron chi connectivity index (χ2n) is 3.12. The Hall–Kier alpha value is 0.420. The van der Waals surface area contributed by atoms with Gasteiger partial charge in [-0.3, -0.25) is 0 Å². The molecule has 0 fully saturated rings. The van der Waals surface area contributed by atoms with Crippen LogP contribution < -0.4 is 0 Å². The molecule has 18 heavy (non-hydrogen) atoms. The normalized spacial score (nSPS) is 7.67. The molecule has 5 heteroatoms. The maximum atomic E-state index is 4.04. The average molecular weight is 426 g/mol. The molecule has 0 aliphatic heterocycles. The summed E-state index contributed by atoms with van der Waals surface area (Å²) in [7, 11) is 5.42. The summed E-state index contributed by atoms with van der Waals surface area (Å²) in [5.41, 5.74) is 0. The zero-order valence-corrected chi connectivity index (χ0v) is 16.7. The molecule has 0 aromatic carbocycles. The third-order valence-electron chi connectivity index (χ3n) is 1.56. The van der Waals surface area contributed by atoms with Gasteiger partial charge in [-0.05, 0) is 0 Å². The predicted molar refractivity (Wildman–Crippen MR) is 81.7 cm³/mol.